The summed E-state index contributed by atoms with van der Waals surface area (Å²) in [5.74, 6) is -3.19. The molecule has 0 saturated heterocycles. The summed E-state index contributed by atoms with van der Waals surface area (Å²) in [5, 5.41) is 25.7. The van der Waals surface area contributed by atoms with Gasteiger partial charge in [-0.2, -0.15) is 0 Å². The van der Waals surface area contributed by atoms with Crippen molar-refractivity contribution in [1.29, 1.82) is 0 Å². The summed E-state index contributed by atoms with van der Waals surface area (Å²) in [7, 11) is -9.86. The van der Waals surface area contributed by atoms with Crippen LogP contribution in [0.4, 0.5) is 0 Å². The summed E-state index contributed by atoms with van der Waals surface area (Å²) in [6.45, 7) is 5.43. The fraction of sp³-hybridized carbons (Fsp3) is 0.962. The Labute approximate surface area is 294 Å². The molecule has 0 heterocycles. The van der Waals surface area contributed by atoms with Crippen LogP contribution in [0, 0.1) is 46.3 Å². The number of aliphatic hydroxyl groups excluding tert-OH is 2. The van der Waals surface area contributed by atoms with Crippen LogP contribution in [0.5, 0.6) is 0 Å². The van der Waals surface area contributed by atoms with Gasteiger partial charge in [-0.3, -0.25) is 8.98 Å². The van der Waals surface area contributed by atoms with Gasteiger partial charge < -0.3 is 24.6 Å². The Morgan fingerprint density at radius 1 is 1.12 bits per heavy atom. The van der Waals surface area contributed by atoms with E-state index in [1.54, 1.807) is 6.92 Å². The van der Waals surface area contributed by atoms with Gasteiger partial charge in [0, 0.05) is 18.4 Å². The van der Waals surface area contributed by atoms with Crippen LogP contribution in [0.1, 0.15) is 83.9 Å². The average molecular weight is 644 g/mol. The zero-order chi connectivity index (χ0) is 32.6. The summed E-state index contributed by atoms with van der Waals surface area (Å²) in [6.07, 6.45) is -7.47. The molecule has 4 aliphatic carbocycles. The second-order valence-electron chi connectivity index (χ2n) is 12.5. The minimum absolute atomic E-state index is 0. The van der Waals surface area contributed by atoms with Gasteiger partial charge in [0.05, 0.1) is 34.2 Å². The topological polar surface area (TPSA) is 193 Å². The van der Waals surface area contributed by atoms with Gasteiger partial charge in [0.25, 0.3) is 0 Å². The molecular formula is C26H43NNa2O10S2. The standard InChI is InChI=1S/C26H45NO10S2.2Na/c1-15(4-7-23(30)27-10-11-38(31,32)33)18-5-6-19-24-20(14-22(29)26(18,19)3)25(2)9-8-17(37-39(34,35)36)12-16(25)13-21(24)28;;/h15-22,24,28-29H,4-14H2,1-3H3,(H,27,30)(H,31,32,33)(H,34,35,36);;/q;2*+1/p-2/t15-,16+,17-,18-,19+,20+,21-,22+,24+,25+,26-;;/m1../s1/i8D2,12D2;;. The second kappa shape index (κ2) is 14.3. The molecule has 15 heteroatoms. The van der Waals surface area contributed by atoms with Crippen LogP contribution in [0.2, 0.25) is 0 Å². The number of aliphatic hydroxyl groups is 2. The number of amides is 1. The van der Waals surface area contributed by atoms with Crippen molar-refractivity contribution in [3.05, 3.63) is 0 Å². The van der Waals surface area contributed by atoms with Crippen molar-refractivity contribution in [3.63, 3.8) is 0 Å². The molecule has 0 aromatic heterocycles. The maximum absolute atomic E-state index is 12.3. The van der Waals surface area contributed by atoms with Gasteiger partial charge in [0.15, 0.2) is 0 Å². The number of carbonyl (C=O) groups excluding carboxylic acids is 1. The smallest absolute Gasteiger partial charge is 0.748 e. The van der Waals surface area contributed by atoms with E-state index >= 15 is 0 Å². The molecule has 0 radical (unpaired) electrons. The molecule has 0 bridgehead atoms. The fourth-order valence-corrected chi connectivity index (χ4v) is 9.28. The minimum atomic E-state index is -5.42. The van der Waals surface area contributed by atoms with Gasteiger partial charge in [0.1, 0.15) is 0 Å². The van der Waals surface area contributed by atoms with Gasteiger partial charge in [-0.25, -0.2) is 16.8 Å². The molecule has 0 unspecified atom stereocenters. The second-order valence-corrected chi connectivity index (χ2v) is 15.0. The zero-order valence-corrected chi connectivity index (χ0v) is 30.2. The van der Waals surface area contributed by atoms with Gasteiger partial charge in [-0.05, 0) is 97.6 Å². The molecule has 0 aromatic rings. The number of carbonyl (C=O) groups is 1. The van der Waals surface area contributed by atoms with E-state index in [1.165, 1.54) is 0 Å². The van der Waals surface area contributed by atoms with E-state index in [1.807, 2.05) is 13.8 Å². The molecule has 4 rings (SSSR count). The van der Waals surface area contributed by atoms with Gasteiger partial charge in [-0.1, -0.05) is 20.8 Å². The van der Waals surface area contributed by atoms with E-state index in [2.05, 4.69) is 9.50 Å². The van der Waals surface area contributed by atoms with E-state index in [0.717, 1.165) is 0 Å². The first kappa shape index (κ1) is 32.1. The first-order valence-electron chi connectivity index (χ1n) is 15.7. The maximum atomic E-state index is 12.3. The van der Waals surface area contributed by atoms with Gasteiger partial charge >= 0.3 is 59.1 Å². The number of hydrogen-bond acceptors (Lipinski definition) is 10. The number of rotatable bonds is 9. The third-order valence-corrected chi connectivity index (χ3v) is 11.6. The van der Waals surface area contributed by atoms with Crippen LogP contribution in [0.15, 0.2) is 0 Å². The molecule has 41 heavy (non-hydrogen) atoms. The Balaban J connectivity index is 0.00000353. The van der Waals surface area contributed by atoms with Crippen molar-refractivity contribution in [1.82, 2.24) is 5.32 Å². The Morgan fingerprint density at radius 3 is 2.39 bits per heavy atom. The maximum Gasteiger partial charge on any atom is 1.00 e. The van der Waals surface area contributed by atoms with E-state index in [0.29, 0.717) is 19.3 Å². The third kappa shape index (κ3) is 8.31. The summed E-state index contributed by atoms with van der Waals surface area (Å²) in [4.78, 5) is 12.3. The monoisotopic (exact) mass is 643 g/mol. The van der Waals surface area contributed by atoms with Gasteiger partial charge in [-0.15, -0.1) is 0 Å². The number of nitrogens with one attached hydrogen (secondary N) is 1. The molecule has 226 valence electrons. The van der Waals surface area contributed by atoms with E-state index in [4.69, 9.17) is 5.48 Å². The molecule has 0 spiro atoms. The van der Waals surface area contributed by atoms with Crippen molar-refractivity contribution in [2.45, 2.75) is 96.8 Å². The largest absolute Gasteiger partial charge is 1.00 e. The predicted molar refractivity (Wildman–Crippen MR) is 139 cm³/mol. The molecule has 11 atom stereocenters. The van der Waals surface area contributed by atoms with Crippen molar-refractivity contribution in [2.75, 3.05) is 12.3 Å². The normalized spacial score (nSPS) is 45.0. The van der Waals surface area contributed by atoms with Crippen LogP contribution < -0.4 is 64.4 Å². The SMILES string of the molecule is [2H]C1([2H])C[C@@]2(C)[C@H](C[C@@H](O)[C@@H]3[C@@H]2C[C@H](O)[C@]2(C)[C@@H]([C@H](C)CCC(=O)NCCS(=O)(=O)[O-])CC[C@@H]32)C([2H])([2H])[C@@H]1OS(=O)(=O)[O-].[Na+].[Na+]. The Morgan fingerprint density at radius 2 is 1.78 bits per heavy atom. The molecular weight excluding hydrogens is 596 g/mol. The molecule has 1 amide bonds. The molecule has 0 aromatic carbocycles. The van der Waals surface area contributed by atoms with E-state index in [9.17, 15) is 40.9 Å². The summed E-state index contributed by atoms with van der Waals surface area (Å²) in [6, 6.07) is 0. The van der Waals surface area contributed by atoms with E-state index in [-0.39, 0.29) is 121 Å². The number of fused-ring (bicyclic) bond motifs is 5. The molecule has 11 nitrogen and oxygen atoms in total. The first-order chi connectivity index (χ1) is 19.4. The number of hydrogen-bond donors (Lipinski definition) is 3. The molecule has 0 aliphatic heterocycles. The minimum Gasteiger partial charge on any atom is -0.748 e. The molecule has 4 saturated carbocycles. The van der Waals surface area contributed by atoms with E-state index < -0.39 is 80.0 Å². The van der Waals surface area contributed by atoms with Crippen LogP contribution in [0.3, 0.4) is 0 Å². The average Bonchev–Trinajstić information content (AvgIpc) is 3.19. The molecule has 4 fully saturated rings. The quantitative estimate of drug-likeness (QED) is 0.125. The fourth-order valence-electron chi connectivity index (χ4n) is 8.57. The predicted octanol–water partition coefficient (Wildman–Crippen LogP) is -4.48. The summed E-state index contributed by atoms with van der Waals surface area (Å²) in [5.41, 5.74) is -1.72. The molecule has 3 N–H and O–H groups in total. The van der Waals surface area contributed by atoms with Crippen LogP contribution in [-0.2, 0) is 29.5 Å². The van der Waals surface area contributed by atoms with Crippen LogP contribution >= 0.6 is 0 Å². The van der Waals surface area contributed by atoms with Crippen molar-refractivity contribution in [3.8, 4) is 0 Å². The third-order valence-electron chi connectivity index (χ3n) is 10.5. The van der Waals surface area contributed by atoms with Crippen molar-refractivity contribution < 1.29 is 110 Å². The molecule has 4 aliphatic rings. The van der Waals surface area contributed by atoms with Crippen LogP contribution in [-0.4, -0.2) is 72.7 Å². The van der Waals surface area contributed by atoms with Crippen molar-refractivity contribution >= 4 is 26.4 Å². The Bertz CT molecular complexity index is 1310. The van der Waals surface area contributed by atoms with Crippen LogP contribution in [0.25, 0.3) is 0 Å². The first-order valence-corrected chi connectivity index (χ1v) is 16.6. The summed E-state index contributed by atoms with van der Waals surface area (Å²) < 4.78 is 106. The van der Waals surface area contributed by atoms with Crippen molar-refractivity contribution in [2.24, 2.45) is 46.3 Å². The van der Waals surface area contributed by atoms with Gasteiger partial charge in [0.2, 0.25) is 16.3 Å². The zero-order valence-electron chi connectivity index (χ0n) is 28.5. The summed E-state index contributed by atoms with van der Waals surface area (Å²) >= 11 is 0. The Hall–Kier alpha value is 1.17. The Kier molecular flexibility index (Phi) is 11.2.